The van der Waals surface area contributed by atoms with Crippen molar-refractivity contribution in [3.8, 4) is 0 Å². The van der Waals surface area contributed by atoms with Crippen molar-refractivity contribution in [1.29, 1.82) is 0 Å². The van der Waals surface area contributed by atoms with Crippen LogP contribution in [0.25, 0.3) is 0 Å². The fourth-order valence-corrected chi connectivity index (χ4v) is 5.78. The summed E-state index contributed by atoms with van der Waals surface area (Å²) in [5, 5.41) is 1.62. The van der Waals surface area contributed by atoms with Crippen molar-refractivity contribution >= 4 is 23.5 Å². The first-order valence-electron chi connectivity index (χ1n) is 10.0. The number of hydrogen-bond acceptors (Lipinski definition) is 2. The van der Waals surface area contributed by atoms with E-state index in [0.717, 1.165) is 16.9 Å². The fraction of sp³-hybridized carbons (Fsp3) is 0.565. The lowest BCUT2D eigenvalue weighted by Gasteiger charge is -2.24. The van der Waals surface area contributed by atoms with Crippen molar-refractivity contribution in [2.45, 2.75) is 88.0 Å². The Morgan fingerprint density at radius 1 is 1.00 bits per heavy atom. The van der Waals surface area contributed by atoms with E-state index < -0.39 is 0 Å². The number of thioether (sulfide) groups is 2. The van der Waals surface area contributed by atoms with E-state index in [4.69, 9.17) is 0 Å². The Bertz CT molecular complexity index is 480. The molecule has 1 fully saturated rings. The molecule has 0 unspecified atom stereocenters. The van der Waals surface area contributed by atoms with Crippen molar-refractivity contribution in [2.75, 3.05) is 0 Å². The average Bonchev–Trinajstić information content (AvgIpc) is 2.62. The first kappa shape index (κ1) is 22.4. The van der Waals surface area contributed by atoms with Gasteiger partial charge < -0.3 is 0 Å². The van der Waals surface area contributed by atoms with Crippen molar-refractivity contribution in [3.05, 3.63) is 53.5 Å². The monoisotopic (exact) mass is 376 g/mol. The van der Waals surface area contributed by atoms with Crippen LogP contribution >= 0.6 is 23.5 Å². The Balaban J connectivity index is 0.00000151. The molecule has 25 heavy (non-hydrogen) atoms. The second-order valence-corrected chi connectivity index (χ2v) is 8.92. The summed E-state index contributed by atoms with van der Waals surface area (Å²) in [6, 6.07) is 10.9. The first-order chi connectivity index (χ1) is 12.3. The maximum atomic E-state index is 2.37. The molecule has 0 bridgehead atoms. The fourth-order valence-electron chi connectivity index (χ4n) is 3.08. The van der Waals surface area contributed by atoms with Gasteiger partial charge in [-0.15, -0.1) is 23.5 Å². The van der Waals surface area contributed by atoms with Crippen molar-refractivity contribution < 1.29 is 0 Å². The molecule has 0 spiro atoms. The van der Waals surface area contributed by atoms with Crippen LogP contribution in [0.2, 0.25) is 0 Å². The molecule has 0 N–H and O–H groups in total. The van der Waals surface area contributed by atoms with E-state index in [1.807, 2.05) is 13.8 Å². The van der Waals surface area contributed by atoms with Crippen molar-refractivity contribution in [3.63, 3.8) is 0 Å². The molecule has 0 amide bonds. The summed E-state index contributed by atoms with van der Waals surface area (Å²) in [5.41, 5.74) is 0. The molecule has 140 valence electrons. The van der Waals surface area contributed by atoms with Crippen LogP contribution in [0.3, 0.4) is 0 Å². The number of benzene rings is 1. The minimum Gasteiger partial charge on any atom is -0.123 e. The second kappa shape index (κ2) is 14.6. The molecular formula is C23H36S2. The number of rotatable bonds is 6. The number of allylic oxidation sites excluding steroid dienone is 3. The van der Waals surface area contributed by atoms with E-state index >= 15 is 0 Å². The van der Waals surface area contributed by atoms with Crippen LogP contribution in [0.5, 0.6) is 0 Å². The second-order valence-electron chi connectivity index (χ2n) is 6.17. The topological polar surface area (TPSA) is 0 Å². The summed E-state index contributed by atoms with van der Waals surface area (Å²) in [4.78, 5) is 2.90. The third kappa shape index (κ3) is 9.61. The average molecular weight is 377 g/mol. The summed E-state index contributed by atoms with van der Waals surface area (Å²) in [7, 11) is 0. The SMILES string of the molecule is C/C=C\C(=C/CC)SC1CCCC(Sc2ccccc2)CCC1.CC. The Kier molecular flexibility index (Phi) is 13.1. The zero-order valence-corrected chi connectivity index (χ0v) is 18.2. The summed E-state index contributed by atoms with van der Waals surface area (Å²) < 4.78 is 0. The molecule has 2 rings (SSSR count). The van der Waals surface area contributed by atoms with Gasteiger partial charge in [-0.25, -0.2) is 0 Å². The van der Waals surface area contributed by atoms with E-state index in [-0.39, 0.29) is 0 Å². The van der Waals surface area contributed by atoms with Gasteiger partial charge in [0, 0.05) is 20.3 Å². The normalized spacial score (nSPS) is 22.0. The van der Waals surface area contributed by atoms with Crippen LogP contribution in [-0.2, 0) is 0 Å². The standard InChI is InChI=1S/C21H30S2.C2H6/c1-3-10-18(11-4-2)22-20-14-8-16-21(17-9-15-20)23-19-12-6-5-7-13-19;1-2/h3,5-7,10-13,20-21H,4,8-9,14-17H2,1-2H3;1-2H3/b10-3-,18-11+;. The smallest absolute Gasteiger partial charge is 0.00944 e. The van der Waals surface area contributed by atoms with Crippen LogP contribution in [0.15, 0.2) is 58.4 Å². The molecule has 0 aromatic heterocycles. The maximum Gasteiger partial charge on any atom is 0.00944 e. The lowest BCUT2D eigenvalue weighted by atomic mass is 10.0. The van der Waals surface area contributed by atoms with Gasteiger partial charge in [-0.1, -0.05) is 70.0 Å². The molecule has 0 saturated heterocycles. The molecule has 0 heterocycles. The van der Waals surface area contributed by atoms with Gasteiger partial charge in [0.05, 0.1) is 0 Å². The molecule has 1 aliphatic carbocycles. The van der Waals surface area contributed by atoms with E-state index in [1.165, 1.54) is 48.3 Å². The zero-order valence-electron chi connectivity index (χ0n) is 16.5. The van der Waals surface area contributed by atoms with Gasteiger partial charge in [0.25, 0.3) is 0 Å². The molecule has 2 heteroatoms. The lowest BCUT2D eigenvalue weighted by Crippen LogP contribution is -2.12. The van der Waals surface area contributed by atoms with Gasteiger partial charge >= 0.3 is 0 Å². The van der Waals surface area contributed by atoms with E-state index in [2.05, 4.69) is 85.9 Å². The van der Waals surface area contributed by atoms with Gasteiger partial charge in [0.1, 0.15) is 0 Å². The maximum absolute atomic E-state index is 2.37. The Hall–Kier alpha value is -0.600. The summed E-state index contributed by atoms with van der Waals surface area (Å²) in [5.74, 6) is 0. The van der Waals surface area contributed by atoms with Gasteiger partial charge in [-0.3, -0.25) is 0 Å². The Labute approximate surface area is 165 Å². The molecule has 0 radical (unpaired) electrons. The van der Waals surface area contributed by atoms with E-state index in [9.17, 15) is 0 Å². The molecule has 1 saturated carbocycles. The first-order valence-corrected chi connectivity index (χ1v) is 11.8. The molecule has 1 aromatic carbocycles. The quantitative estimate of drug-likeness (QED) is 0.456. The highest BCUT2D eigenvalue weighted by Gasteiger charge is 2.18. The Morgan fingerprint density at radius 3 is 2.16 bits per heavy atom. The van der Waals surface area contributed by atoms with Gasteiger partial charge in [0.15, 0.2) is 0 Å². The molecule has 0 aliphatic heterocycles. The predicted molar refractivity (Wildman–Crippen MR) is 120 cm³/mol. The molecular weight excluding hydrogens is 340 g/mol. The summed E-state index contributed by atoms with van der Waals surface area (Å²) >= 11 is 4.20. The van der Waals surface area contributed by atoms with E-state index in [1.54, 1.807) is 0 Å². The molecule has 0 nitrogen and oxygen atoms in total. The predicted octanol–water partition coefficient (Wildman–Crippen LogP) is 8.50. The highest BCUT2D eigenvalue weighted by Crippen LogP contribution is 2.36. The third-order valence-electron chi connectivity index (χ3n) is 4.19. The van der Waals surface area contributed by atoms with Crippen molar-refractivity contribution in [2.24, 2.45) is 0 Å². The summed E-state index contributed by atoms with van der Waals surface area (Å²) in [6.45, 7) is 8.35. The molecule has 0 atom stereocenters. The van der Waals surface area contributed by atoms with Crippen molar-refractivity contribution in [1.82, 2.24) is 0 Å². The minimum absolute atomic E-state index is 0.810. The van der Waals surface area contributed by atoms with Crippen LogP contribution in [0, 0.1) is 0 Å². The largest absolute Gasteiger partial charge is 0.123 e. The van der Waals surface area contributed by atoms with Crippen LogP contribution in [0.1, 0.15) is 72.6 Å². The molecule has 1 aliphatic rings. The Morgan fingerprint density at radius 2 is 1.60 bits per heavy atom. The highest BCUT2D eigenvalue weighted by atomic mass is 32.2. The minimum atomic E-state index is 0.810. The third-order valence-corrected chi connectivity index (χ3v) is 6.92. The van der Waals surface area contributed by atoms with Crippen LogP contribution in [0.4, 0.5) is 0 Å². The highest BCUT2D eigenvalue weighted by molar-refractivity contribution is 8.03. The van der Waals surface area contributed by atoms with E-state index in [0.29, 0.717) is 0 Å². The zero-order chi connectivity index (χ0) is 18.3. The van der Waals surface area contributed by atoms with Gasteiger partial charge in [-0.05, 0) is 51.2 Å². The van der Waals surface area contributed by atoms with Gasteiger partial charge in [0.2, 0.25) is 0 Å². The summed E-state index contributed by atoms with van der Waals surface area (Å²) in [6.07, 6.45) is 16.2. The molecule has 1 aromatic rings. The lowest BCUT2D eigenvalue weighted by molar-refractivity contribution is 0.522. The van der Waals surface area contributed by atoms with Crippen LogP contribution < -0.4 is 0 Å². The van der Waals surface area contributed by atoms with Crippen LogP contribution in [-0.4, -0.2) is 10.5 Å². The van der Waals surface area contributed by atoms with Gasteiger partial charge in [-0.2, -0.15) is 0 Å². The number of hydrogen-bond donors (Lipinski definition) is 0.